The fourth-order valence-corrected chi connectivity index (χ4v) is 4.71. The van der Waals surface area contributed by atoms with Crippen LogP contribution in [0.25, 0.3) is 0 Å². The lowest BCUT2D eigenvalue weighted by Gasteiger charge is -2.49. The van der Waals surface area contributed by atoms with E-state index in [1.54, 1.807) is 0 Å². The van der Waals surface area contributed by atoms with Crippen molar-refractivity contribution >= 4 is 0 Å². The van der Waals surface area contributed by atoms with Crippen LogP contribution in [0.15, 0.2) is 0 Å². The van der Waals surface area contributed by atoms with Crippen LogP contribution < -0.4 is 5.32 Å². The summed E-state index contributed by atoms with van der Waals surface area (Å²) in [6, 6.07) is 0.665. The average Bonchev–Trinajstić information content (AvgIpc) is 2.94. The van der Waals surface area contributed by atoms with Crippen molar-refractivity contribution in [1.82, 2.24) is 10.2 Å². The SMILES string of the molecule is CCC(C)(C(NC)C1CCCC(C)C1)N1CCCC1. The summed E-state index contributed by atoms with van der Waals surface area (Å²) in [6.07, 6.45) is 9.79. The van der Waals surface area contributed by atoms with Crippen molar-refractivity contribution in [1.29, 1.82) is 0 Å². The molecular formula is C17H34N2. The molecule has 1 aliphatic heterocycles. The first-order chi connectivity index (χ1) is 9.11. The molecule has 19 heavy (non-hydrogen) atoms. The maximum absolute atomic E-state index is 3.72. The van der Waals surface area contributed by atoms with Crippen LogP contribution in [0.2, 0.25) is 0 Å². The van der Waals surface area contributed by atoms with Crippen LogP contribution >= 0.6 is 0 Å². The van der Waals surface area contributed by atoms with Crippen LogP contribution in [0.3, 0.4) is 0 Å². The van der Waals surface area contributed by atoms with E-state index in [1.807, 2.05) is 0 Å². The predicted molar refractivity (Wildman–Crippen MR) is 83.5 cm³/mol. The zero-order chi connectivity index (χ0) is 13.9. The molecule has 2 rings (SSSR count). The minimum Gasteiger partial charge on any atom is -0.315 e. The van der Waals surface area contributed by atoms with Crippen molar-refractivity contribution in [3.05, 3.63) is 0 Å². The Morgan fingerprint density at radius 2 is 1.89 bits per heavy atom. The number of likely N-dealkylation sites (tertiary alicyclic amines) is 1. The molecule has 0 bridgehead atoms. The fourth-order valence-electron chi connectivity index (χ4n) is 4.71. The van der Waals surface area contributed by atoms with Crippen molar-refractivity contribution < 1.29 is 0 Å². The molecule has 0 amide bonds. The number of likely N-dealkylation sites (N-methyl/N-ethyl adjacent to an activating group) is 1. The standard InChI is InChI=1S/C17H34N2/c1-5-17(3,19-11-6-7-12-19)16(18-4)15-10-8-9-14(2)13-15/h14-16,18H,5-13H2,1-4H3. The molecule has 4 atom stereocenters. The highest BCUT2D eigenvalue weighted by atomic mass is 15.2. The summed E-state index contributed by atoms with van der Waals surface area (Å²) in [5.74, 6) is 1.80. The molecule has 2 nitrogen and oxygen atoms in total. The molecule has 0 aromatic carbocycles. The van der Waals surface area contributed by atoms with Gasteiger partial charge in [0.25, 0.3) is 0 Å². The highest BCUT2D eigenvalue weighted by Gasteiger charge is 2.43. The smallest absolute Gasteiger partial charge is 0.0334 e. The van der Waals surface area contributed by atoms with Gasteiger partial charge in [0.2, 0.25) is 0 Å². The van der Waals surface area contributed by atoms with Crippen LogP contribution in [0, 0.1) is 11.8 Å². The topological polar surface area (TPSA) is 15.3 Å². The third-order valence-electron chi connectivity index (χ3n) is 5.97. The second-order valence-corrected chi connectivity index (χ2v) is 7.20. The molecule has 0 aromatic heterocycles. The summed E-state index contributed by atoms with van der Waals surface area (Å²) in [7, 11) is 2.19. The van der Waals surface area contributed by atoms with E-state index in [2.05, 4.69) is 38.0 Å². The number of nitrogens with zero attached hydrogens (tertiary/aromatic N) is 1. The Morgan fingerprint density at radius 3 is 2.42 bits per heavy atom. The highest BCUT2D eigenvalue weighted by Crippen LogP contribution is 2.38. The first kappa shape index (κ1) is 15.3. The monoisotopic (exact) mass is 266 g/mol. The van der Waals surface area contributed by atoms with Crippen molar-refractivity contribution in [2.45, 2.75) is 77.3 Å². The Morgan fingerprint density at radius 1 is 1.21 bits per heavy atom. The van der Waals surface area contributed by atoms with Crippen LogP contribution in [0.5, 0.6) is 0 Å². The van der Waals surface area contributed by atoms with E-state index in [0.29, 0.717) is 11.6 Å². The van der Waals surface area contributed by atoms with Gasteiger partial charge in [0, 0.05) is 11.6 Å². The van der Waals surface area contributed by atoms with Gasteiger partial charge in [0.15, 0.2) is 0 Å². The second kappa shape index (κ2) is 6.58. The molecule has 1 saturated heterocycles. The molecule has 0 aromatic rings. The van der Waals surface area contributed by atoms with Gasteiger partial charge in [0.05, 0.1) is 0 Å². The van der Waals surface area contributed by atoms with Gasteiger partial charge in [-0.15, -0.1) is 0 Å². The van der Waals surface area contributed by atoms with Gasteiger partial charge in [-0.2, -0.15) is 0 Å². The summed E-state index contributed by atoms with van der Waals surface area (Å²) in [6.45, 7) is 9.96. The summed E-state index contributed by atoms with van der Waals surface area (Å²) in [5, 5.41) is 3.72. The summed E-state index contributed by atoms with van der Waals surface area (Å²) in [4.78, 5) is 2.77. The Balaban J connectivity index is 2.12. The Hall–Kier alpha value is -0.0800. The third kappa shape index (κ3) is 3.16. The molecule has 1 heterocycles. The van der Waals surface area contributed by atoms with Crippen molar-refractivity contribution in [3.63, 3.8) is 0 Å². The van der Waals surface area contributed by atoms with Crippen LogP contribution in [0.1, 0.15) is 65.7 Å². The molecule has 4 unspecified atom stereocenters. The number of hydrogen-bond donors (Lipinski definition) is 1. The normalized spacial score (nSPS) is 34.1. The van der Waals surface area contributed by atoms with E-state index in [-0.39, 0.29) is 0 Å². The largest absolute Gasteiger partial charge is 0.315 e. The van der Waals surface area contributed by atoms with Gasteiger partial charge in [-0.25, -0.2) is 0 Å². The molecule has 2 aliphatic rings. The molecule has 2 fully saturated rings. The first-order valence-electron chi connectivity index (χ1n) is 8.54. The molecule has 1 aliphatic carbocycles. The molecule has 0 spiro atoms. The molecule has 2 heteroatoms. The van der Waals surface area contributed by atoms with E-state index in [4.69, 9.17) is 0 Å². The summed E-state index contributed by atoms with van der Waals surface area (Å²) >= 11 is 0. The van der Waals surface area contributed by atoms with E-state index >= 15 is 0 Å². The maximum Gasteiger partial charge on any atom is 0.0334 e. The lowest BCUT2D eigenvalue weighted by atomic mass is 9.71. The van der Waals surface area contributed by atoms with Crippen molar-refractivity contribution in [2.75, 3.05) is 20.1 Å². The van der Waals surface area contributed by atoms with Gasteiger partial charge < -0.3 is 5.32 Å². The minimum absolute atomic E-state index is 0.354. The first-order valence-corrected chi connectivity index (χ1v) is 8.54. The van der Waals surface area contributed by atoms with Gasteiger partial charge in [-0.05, 0) is 71.0 Å². The minimum atomic E-state index is 0.354. The molecular weight excluding hydrogens is 232 g/mol. The lowest BCUT2D eigenvalue weighted by molar-refractivity contribution is 0.0447. The summed E-state index contributed by atoms with van der Waals surface area (Å²) < 4.78 is 0. The number of hydrogen-bond acceptors (Lipinski definition) is 2. The zero-order valence-corrected chi connectivity index (χ0v) is 13.5. The zero-order valence-electron chi connectivity index (χ0n) is 13.5. The van der Waals surface area contributed by atoms with Crippen molar-refractivity contribution in [3.8, 4) is 0 Å². The average molecular weight is 266 g/mol. The lowest BCUT2D eigenvalue weighted by Crippen LogP contribution is -2.61. The maximum atomic E-state index is 3.72. The van der Waals surface area contributed by atoms with E-state index in [0.717, 1.165) is 11.8 Å². The number of nitrogens with one attached hydrogen (secondary N) is 1. The van der Waals surface area contributed by atoms with E-state index < -0.39 is 0 Å². The van der Waals surface area contributed by atoms with Crippen LogP contribution in [-0.4, -0.2) is 36.6 Å². The molecule has 0 radical (unpaired) electrons. The van der Waals surface area contributed by atoms with Gasteiger partial charge in [-0.1, -0.05) is 26.7 Å². The predicted octanol–water partition coefficient (Wildman–Crippen LogP) is 3.67. The molecule has 1 N–H and O–H groups in total. The Labute approximate surface area is 120 Å². The van der Waals surface area contributed by atoms with Crippen LogP contribution in [0.4, 0.5) is 0 Å². The van der Waals surface area contributed by atoms with E-state index in [9.17, 15) is 0 Å². The van der Waals surface area contributed by atoms with E-state index in [1.165, 1.54) is 58.0 Å². The van der Waals surface area contributed by atoms with Gasteiger partial charge in [0.1, 0.15) is 0 Å². The fraction of sp³-hybridized carbons (Fsp3) is 1.00. The quantitative estimate of drug-likeness (QED) is 0.817. The summed E-state index contributed by atoms with van der Waals surface area (Å²) in [5.41, 5.74) is 0.354. The van der Waals surface area contributed by atoms with Crippen LogP contribution in [-0.2, 0) is 0 Å². The highest BCUT2D eigenvalue weighted by molar-refractivity contribution is 5.01. The molecule has 112 valence electrons. The number of rotatable bonds is 5. The Bertz CT molecular complexity index is 272. The molecule has 1 saturated carbocycles. The third-order valence-corrected chi connectivity index (χ3v) is 5.97. The van der Waals surface area contributed by atoms with Gasteiger partial charge in [-0.3, -0.25) is 4.90 Å². The Kier molecular flexibility index (Phi) is 5.30. The second-order valence-electron chi connectivity index (χ2n) is 7.20. The van der Waals surface area contributed by atoms with Gasteiger partial charge >= 0.3 is 0 Å². The van der Waals surface area contributed by atoms with Crippen molar-refractivity contribution in [2.24, 2.45) is 11.8 Å².